The van der Waals surface area contributed by atoms with Gasteiger partial charge in [0.1, 0.15) is 0 Å². The third-order valence-corrected chi connectivity index (χ3v) is 2.73. The Balaban J connectivity index is 2.26. The second-order valence-corrected chi connectivity index (χ2v) is 4.40. The molecule has 4 heteroatoms. The molecule has 0 bridgehead atoms. The second kappa shape index (κ2) is 5.30. The van der Waals surface area contributed by atoms with Gasteiger partial charge in [-0.1, -0.05) is 35.3 Å². The van der Waals surface area contributed by atoms with Gasteiger partial charge in [-0.2, -0.15) is 0 Å². The molecule has 0 atom stereocenters. The molecule has 0 radical (unpaired) electrons. The van der Waals surface area contributed by atoms with Crippen molar-refractivity contribution in [1.29, 1.82) is 0 Å². The molecule has 17 heavy (non-hydrogen) atoms. The molecule has 0 amide bonds. The number of hydrogen-bond acceptors (Lipinski definition) is 2. The van der Waals surface area contributed by atoms with E-state index in [2.05, 4.69) is 9.98 Å². The highest BCUT2D eigenvalue weighted by atomic mass is 35.5. The Morgan fingerprint density at radius 3 is 2.71 bits per heavy atom. The Hall–Kier alpha value is -1.38. The van der Waals surface area contributed by atoms with E-state index in [9.17, 15) is 0 Å². The predicted molar refractivity (Wildman–Crippen MR) is 72.7 cm³/mol. The maximum absolute atomic E-state index is 6.03. The van der Waals surface area contributed by atoms with Crippen molar-refractivity contribution < 1.29 is 0 Å². The fourth-order valence-corrected chi connectivity index (χ4v) is 1.80. The number of benzene rings is 1. The Kier molecular flexibility index (Phi) is 3.77. The molecule has 86 valence electrons. The lowest BCUT2D eigenvalue weighted by Gasteiger charge is -1.98. The number of aryl methyl sites for hydroxylation is 1. The van der Waals surface area contributed by atoms with E-state index in [4.69, 9.17) is 23.2 Å². The van der Waals surface area contributed by atoms with E-state index in [0.717, 1.165) is 11.3 Å². The summed E-state index contributed by atoms with van der Waals surface area (Å²) in [7, 11) is 0. The maximum atomic E-state index is 6.03. The minimum atomic E-state index is 0.578. The highest BCUT2D eigenvalue weighted by molar-refractivity contribution is 6.36. The summed E-state index contributed by atoms with van der Waals surface area (Å²) in [5.74, 6) is 0.663. The van der Waals surface area contributed by atoms with Gasteiger partial charge in [-0.05, 0) is 31.2 Å². The Labute approximate surface area is 110 Å². The number of aliphatic imine (C=N–C) groups is 1. The van der Waals surface area contributed by atoms with Crippen molar-refractivity contribution in [2.45, 2.75) is 6.92 Å². The summed E-state index contributed by atoms with van der Waals surface area (Å²) in [5, 5.41) is 1.19. The smallest absolute Gasteiger partial charge is 0.152 e. The summed E-state index contributed by atoms with van der Waals surface area (Å²) < 4.78 is 0. The number of hydrogen-bond donors (Lipinski definition) is 0. The van der Waals surface area contributed by atoms with E-state index < -0.39 is 0 Å². The van der Waals surface area contributed by atoms with Gasteiger partial charge in [0.2, 0.25) is 0 Å². The first kappa shape index (κ1) is 12.1. The zero-order valence-corrected chi connectivity index (χ0v) is 10.7. The molecule has 1 heterocycles. The van der Waals surface area contributed by atoms with E-state index >= 15 is 0 Å². The Morgan fingerprint density at radius 1 is 1.18 bits per heavy atom. The largest absolute Gasteiger partial charge is 0.237 e. The highest BCUT2D eigenvalue weighted by Gasteiger charge is 1.98. The fraction of sp³-hybridized carbons (Fsp3) is 0.0769. The first-order chi connectivity index (χ1) is 8.15. The molecule has 0 aliphatic carbocycles. The lowest BCUT2D eigenvalue weighted by molar-refractivity contribution is 1.18. The zero-order valence-electron chi connectivity index (χ0n) is 9.19. The number of pyridine rings is 1. The first-order valence-corrected chi connectivity index (χ1v) is 5.83. The molecule has 2 aromatic rings. The van der Waals surface area contributed by atoms with E-state index in [1.54, 1.807) is 18.3 Å². The van der Waals surface area contributed by atoms with E-state index in [1.165, 1.54) is 0 Å². The number of nitrogens with zero attached hydrogens (tertiary/aromatic N) is 2. The average Bonchev–Trinajstić information content (AvgIpc) is 2.28. The normalized spacial score (nSPS) is 11.0. The van der Waals surface area contributed by atoms with Crippen molar-refractivity contribution >= 4 is 35.2 Å². The van der Waals surface area contributed by atoms with Crippen molar-refractivity contribution in [3.63, 3.8) is 0 Å². The molecule has 1 aromatic carbocycles. The molecule has 2 nitrogen and oxygen atoms in total. The summed E-state index contributed by atoms with van der Waals surface area (Å²) in [6, 6.07) is 11.0. The van der Waals surface area contributed by atoms with Gasteiger partial charge in [-0.15, -0.1) is 0 Å². The molecular formula is C13H10Cl2N2. The third kappa shape index (κ3) is 3.29. The predicted octanol–water partition coefficient (Wildman–Crippen LogP) is 4.45. The molecule has 0 fully saturated rings. The van der Waals surface area contributed by atoms with Crippen LogP contribution in [0, 0.1) is 6.92 Å². The van der Waals surface area contributed by atoms with Gasteiger partial charge in [-0.25, -0.2) is 9.98 Å². The number of rotatable bonds is 2. The lowest BCUT2D eigenvalue weighted by Crippen LogP contribution is -1.84. The minimum Gasteiger partial charge on any atom is -0.237 e. The molecular weight excluding hydrogens is 255 g/mol. The maximum Gasteiger partial charge on any atom is 0.152 e. The highest BCUT2D eigenvalue weighted by Crippen LogP contribution is 2.20. The van der Waals surface area contributed by atoms with Crippen LogP contribution >= 0.6 is 23.2 Å². The van der Waals surface area contributed by atoms with Gasteiger partial charge in [-0.3, -0.25) is 0 Å². The van der Waals surface area contributed by atoms with Crippen molar-refractivity contribution in [2.75, 3.05) is 0 Å². The zero-order chi connectivity index (χ0) is 12.3. The lowest BCUT2D eigenvalue weighted by atomic mass is 10.2. The van der Waals surface area contributed by atoms with Crippen LogP contribution in [0.2, 0.25) is 10.0 Å². The summed E-state index contributed by atoms with van der Waals surface area (Å²) in [4.78, 5) is 8.53. The summed E-state index contributed by atoms with van der Waals surface area (Å²) in [6.45, 7) is 1.92. The molecule has 1 aromatic heterocycles. The van der Waals surface area contributed by atoms with Crippen LogP contribution in [0.25, 0.3) is 0 Å². The van der Waals surface area contributed by atoms with E-state index in [-0.39, 0.29) is 0 Å². The van der Waals surface area contributed by atoms with E-state index in [0.29, 0.717) is 15.9 Å². The summed E-state index contributed by atoms with van der Waals surface area (Å²) in [6.07, 6.45) is 1.68. The topological polar surface area (TPSA) is 25.2 Å². The van der Waals surface area contributed by atoms with Gasteiger partial charge in [0.05, 0.1) is 5.02 Å². The molecule has 2 rings (SSSR count). The van der Waals surface area contributed by atoms with Crippen LogP contribution in [0.5, 0.6) is 0 Å². The van der Waals surface area contributed by atoms with Gasteiger partial charge in [0, 0.05) is 22.5 Å². The average molecular weight is 265 g/mol. The van der Waals surface area contributed by atoms with Crippen molar-refractivity contribution in [3.8, 4) is 0 Å². The van der Waals surface area contributed by atoms with Crippen molar-refractivity contribution in [1.82, 2.24) is 4.98 Å². The van der Waals surface area contributed by atoms with Crippen LogP contribution in [-0.4, -0.2) is 11.2 Å². The molecule has 0 saturated carbocycles. The van der Waals surface area contributed by atoms with Crippen molar-refractivity contribution in [2.24, 2.45) is 4.99 Å². The van der Waals surface area contributed by atoms with Gasteiger partial charge in [0.15, 0.2) is 5.82 Å². The number of aromatic nitrogens is 1. The van der Waals surface area contributed by atoms with Crippen LogP contribution in [-0.2, 0) is 0 Å². The number of halogens is 2. The van der Waals surface area contributed by atoms with Gasteiger partial charge < -0.3 is 0 Å². The van der Waals surface area contributed by atoms with Gasteiger partial charge in [0.25, 0.3) is 0 Å². The van der Waals surface area contributed by atoms with E-state index in [1.807, 2.05) is 31.2 Å². The van der Waals surface area contributed by atoms with Crippen LogP contribution in [0.1, 0.15) is 11.3 Å². The van der Waals surface area contributed by atoms with Crippen LogP contribution < -0.4 is 0 Å². The monoisotopic (exact) mass is 264 g/mol. The molecule has 0 saturated heterocycles. The summed E-state index contributed by atoms with van der Waals surface area (Å²) >= 11 is 11.8. The van der Waals surface area contributed by atoms with Crippen molar-refractivity contribution in [3.05, 3.63) is 57.7 Å². The first-order valence-electron chi connectivity index (χ1n) is 5.08. The molecule has 0 aliphatic rings. The quantitative estimate of drug-likeness (QED) is 0.736. The molecule has 0 N–H and O–H groups in total. The molecule has 0 unspecified atom stereocenters. The van der Waals surface area contributed by atoms with Crippen LogP contribution in [0.4, 0.5) is 5.82 Å². The fourth-order valence-electron chi connectivity index (χ4n) is 1.34. The Morgan fingerprint density at radius 2 is 2.00 bits per heavy atom. The Bertz CT molecular complexity index is 565. The summed E-state index contributed by atoms with van der Waals surface area (Å²) in [5.41, 5.74) is 1.75. The molecule has 0 aliphatic heterocycles. The third-order valence-electron chi connectivity index (χ3n) is 2.17. The minimum absolute atomic E-state index is 0.578. The van der Waals surface area contributed by atoms with Gasteiger partial charge >= 0.3 is 0 Å². The standard InChI is InChI=1S/C13H10Cl2N2/c1-9-3-2-4-13(17-9)16-8-10-5-6-11(14)7-12(10)15/h2-8H,1H3. The van der Waals surface area contributed by atoms with Crippen LogP contribution in [0.15, 0.2) is 41.4 Å². The SMILES string of the molecule is Cc1cccc(N=Cc2ccc(Cl)cc2Cl)n1. The van der Waals surface area contributed by atoms with Crippen LogP contribution in [0.3, 0.4) is 0 Å². The molecule has 0 spiro atoms. The second-order valence-electron chi connectivity index (χ2n) is 3.56.